The smallest absolute Gasteiger partial charge is 0.231 e. The SMILES string of the molecule is Cc1sc2cnc(Nc3cnn(C)c3)nc2c1-c1cccc2c1OCO2. The Kier molecular flexibility index (Phi) is 3.32. The molecule has 4 heterocycles. The van der Waals surface area contributed by atoms with E-state index in [4.69, 9.17) is 14.5 Å². The summed E-state index contributed by atoms with van der Waals surface area (Å²) >= 11 is 1.67. The van der Waals surface area contributed by atoms with Crippen LogP contribution in [-0.2, 0) is 7.05 Å². The second-order valence-electron chi connectivity index (χ2n) is 6.01. The van der Waals surface area contributed by atoms with E-state index in [1.807, 2.05) is 37.6 Å². The lowest BCUT2D eigenvalue weighted by Gasteiger charge is -2.07. The summed E-state index contributed by atoms with van der Waals surface area (Å²) in [5.74, 6) is 2.08. The molecule has 0 saturated heterocycles. The molecule has 7 nitrogen and oxygen atoms in total. The van der Waals surface area contributed by atoms with Gasteiger partial charge in [-0.05, 0) is 13.0 Å². The van der Waals surface area contributed by atoms with Crippen molar-refractivity contribution in [3.63, 3.8) is 0 Å². The number of anilines is 2. The Morgan fingerprint density at radius 2 is 2.15 bits per heavy atom. The predicted octanol–water partition coefficient (Wildman–Crippen LogP) is 3.87. The van der Waals surface area contributed by atoms with Gasteiger partial charge in [0.15, 0.2) is 11.5 Å². The molecule has 0 radical (unpaired) electrons. The van der Waals surface area contributed by atoms with Crippen LogP contribution < -0.4 is 14.8 Å². The Hall–Kier alpha value is -3.13. The Labute approximate surface area is 153 Å². The quantitative estimate of drug-likeness (QED) is 0.594. The monoisotopic (exact) mass is 365 g/mol. The molecule has 130 valence electrons. The molecule has 0 amide bonds. The van der Waals surface area contributed by atoms with Crippen LogP contribution in [-0.4, -0.2) is 26.5 Å². The summed E-state index contributed by atoms with van der Waals surface area (Å²) in [6.07, 6.45) is 5.47. The van der Waals surface area contributed by atoms with Gasteiger partial charge in [0.25, 0.3) is 0 Å². The Bertz CT molecular complexity index is 1130. The van der Waals surface area contributed by atoms with Gasteiger partial charge >= 0.3 is 0 Å². The summed E-state index contributed by atoms with van der Waals surface area (Å²) in [5.41, 5.74) is 3.80. The number of rotatable bonds is 3. The van der Waals surface area contributed by atoms with Crippen molar-refractivity contribution in [1.29, 1.82) is 0 Å². The molecule has 5 rings (SSSR count). The second-order valence-corrected chi connectivity index (χ2v) is 7.26. The van der Waals surface area contributed by atoms with Gasteiger partial charge in [-0.2, -0.15) is 5.10 Å². The number of para-hydroxylation sites is 1. The third-order valence-corrected chi connectivity index (χ3v) is 5.26. The van der Waals surface area contributed by atoms with Gasteiger partial charge in [-0.15, -0.1) is 11.3 Å². The number of thiophene rings is 1. The third kappa shape index (κ3) is 2.38. The summed E-state index contributed by atoms with van der Waals surface area (Å²) in [6, 6.07) is 5.93. The van der Waals surface area contributed by atoms with Gasteiger partial charge in [0.1, 0.15) is 0 Å². The number of fused-ring (bicyclic) bond motifs is 2. The van der Waals surface area contributed by atoms with E-state index >= 15 is 0 Å². The van der Waals surface area contributed by atoms with Gasteiger partial charge in [0, 0.05) is 29.2 Å². The molecule has 26 heavy (non-hydrogen) atoms. The summed E-state index contributed by atoms with van der Waals surface area (Å²) in [5, 5.41) is 7.35. The fourth-order valence-electron chi connectivity index (χ4n) is 3.13. The lowest BCUT2D eigenvalue weighted by atomic mass is 10.0. The molecule has 1 aliphatic rings. The first kappa shape index (κ1) is 15.2. The van der Waals surface area contributed by atoms with E-state index in [2.05, 4.69) is 22.3 Å². The number of aryl methyl sites for hydroxylation is 2. The van der Waals surface area contributed by atoms with Crippen LogP contribution in [0, 0.1) is 6.92 Å². The van der Waals surface area contributed by atoms with Crippen molar-refractivity contribution in [3.8, 4) is 22.6 Å². The highest BCUT2D eigenvalue weighted by Crippen LogP contribution is 2.46. The average molecular weight is 365 g/mol. The molecule has 1 aromatic carbocycles. The number of nitrogens with one attached hydrogen (secondary N) is 1. The first-order valence-corrected chi connectivity index (χ1v) is 8.91. The number of benzene rings is 1. The number of aromatic nitrogens is 4. The van der Waals surface area contributed by atoms with Crippen molar-refractivity contribution in [2.75, 3.05) is 12.1 Å². The fourth-order valence-corrected chi connectivity index (χ4v) is 4.12. The Morgan fingerprint density at radius 3 is 3.00 bits per heavy atom. The highest BCUT2D eigenvalue weighted by molar-refractivity contribution is 7.19. The van der Waals surface area contributed by atoms with Gasteiger partial charge in [-0.1, -0.05) is 12.1 Å². The lowest BCUT2D eigenvalue weighted by molar-refractivity contribution is 0.174. The molecule has 0 fully saturated rings. The summed E-state index contributed by atoms with van der Waals surface area (Å²) in [6.45, 7) is 2.33. The van der Waals surface area contributed by atoms with Crippen LogP contribution in [0.1, 0.15) is 4.88 Å². The molecule has 0 atom stereocenters. The fraction of sp³-hybridized carbons (Fsp3) is 0.167. The van der Waals surface area contributed by atoms with Crippen molar-refractivity contribution in [2.45, 2.75) is 6.92 Å². The van der Waals surface area contributed by atoms with Gasteiger partial charge < -0.3 is 14.8 Å². The molecule has 0 saturated carbocycles. The largest absolute Gasteiger partial charge is 0.454 e. The van der Waals surface area contributed by atoms with Crippen LogP contribution in [0.2, 0.25) is 0 Å². The van der Waals surface area contributed by atoms with Crippen LogP contribution in [0.3, 0.4) is 0 Å². The van der Waals surface area contributed by atoms with Crippen LogP contribution >= 0.6 is 11.3 Å². The topological polar surface area (TPSA) is 74.1 Å². The van der Waals surface area contributed by atoms with Crippen LogP contribution in [0.4, 0.5) is 11.6 Å². The van der Waals surface area contributed by atoms with Gasteiger partial charge in [-0.25, -0.2) is 9.97 Å². The zero-order valence-corrected chi connectivity index (χ0v) is 15.0. The zero-order chi connectivity index (χ0) is 17.7. The van der Waals surface area contributed by atoms with Gasteiger partial charge in [-0.3, -0.25) is 4.68 Å². The first-order chi connectivity index (χ1) is 12.7. The number of nitrogens with zero attached hydrogens (tertiary/aromatic N) is 4. The molecule has 4 aromatic rings. The third-order valence-electron chi connectivity index (χ3n) is 4.23. The van der Waals surface area contributed by atoms with Crippen LogP contribution in [0.5, 0.6) is 11.5 Å². The lowest BCUT2D eigenvalue weighted by Crippen LogP contribution is -1.96. The molecule has 1 N–H and O–H groups in total. The maximum atomic E-state index is 5.70. The van der Waals surface area contributed by atoms with E-state index in [-0.39, 0.29) is 6.79 Å². The molecule has 0 spiro atoms. The van der Waals surface area contributed by atoms with Crippen molar-refractivity contribution in [3.05, 3.63) is 41.7 Å². The van der Waals surface area contributed by atoms with E-state index in [1.165, 1.54) is 0 Å². The minimum atomic E-state index is 0.246. The minimum absolute atomic E-state index is 0.246. The van der Waals surface area contributed by atoms with Crippen molar-refractivity contribution in [1.82, 2.24) is 19.7 Å². The van der Waals surface area contributed by atoms with E-state index in [0.717, 1.165) is 43.4 Å². The maximum absolute atomic E-state index is 5.70. The average Bonchev–Trinajstić information content (AvgIpc) is 3.33. The highest BCUT2D eigenvalue weighted by Gasteiger charge is 2.23. The van der Waals surface area contributed by atoms with Crippen LogP contribution in [0.25, 0.3) is 21.3 Å². The van der Waals surface area contributed by atoms with Crippen molar-refractivity contribution < 1.29 is 9.47 Å². The van der Waals surface area contributed by atoms with Gasteiger partial charge in [0.05, 0.1) is 28.3 Å². The van der Waals surface area contributed by atoms with Crippen molar-refractivity contribution in [2.24, 2.45) is 7.05 Å². The zero-order valence-electron chi connectivity index (χ0n) is 14.2. The van der Waals surface area contributed by atoms with Gasteiger partial charge in [0.2, 0.25) is 12.7 Å². The highest BCUT2D eigenvalue weighted by atomic mass is 32.1. The number of hydrogen-bond donors (Lipinski definition) is 1. The van der Waals surface area contributed by atoms with E-state index in [1.54, 1.807) is 22.2 Å². The summed E-state index contributed by atoms with van der Waals surface area (Å²) in [7, 11) is 1.87. The molecular weight excluding hydrogens is 350 g/mol. The predicted molar refractivity (Wildman–Crippen MR) is 100 cm³/mol. The molecule has 1 aliphatic heterocycles. The number of ether oxygens (including phenoxy) is 2. The molecular formula is C18H15N5O2S. The molecule has 8 heteroatoms. The molecule has 0 unspecified atom stereocenters. The summed E-state index contributed by atoms with van der Waals surface area (Å²) < 4.78 is 14.0. The minimum Gasteiger partial charge on any atom is -0.454 e. The van der Waals surface area contributed by atoms with E-state index in [0.29, 0.717) is 5.95 Å². The molecule has 0 bridgehead atoms. The molecule has 3 aromatic heterocycles. The normalized spacial score (nSPS) is 12.7. The second kappa shape index (κ2) is 5.70. The Morgan fingerprint density at radius 1 is 1.23 bits per heavy atom. The van der Waals surface area contributed by atoms with Crippen molar-refractivity contribution >= 4 is 33.2 Å². The standard InChI is InChI=1S/C18H15N5O2S/c1-10-15(12-4-3-5-13-17(12)25-9-24-13)16-14(26-10)7-19-18(22-16)21-11-6-20-23(2)8-11/h3-8H,9H2,1-2H3,(H,19,21,22). The number of hydrogen-bond acceptors (Lipinski definition) is 7. The molecule has 0 aliphatic carbocycles. The van der Waals surface area contributed by atoms with E-state index in [9.17, 15) is 0 Å². The summed E-state index contributed by atoms with van der Waals surface area (Å²) in [4.78, 5) is 10.3. The van der Waals surface area contributed by atoms with E-state index < -0.39 is 0 Å². The van der Waals surface area contributed by atoms with Crippen LogP contribution in [0.15, 0.2) is 36.8 Å². The first-order valence-electron chi connectivity index (χ1n) is 8.10. The Balaban J connectivity index is 1.65. The maximum Gasteiger partial charge on any atom is 0.231 e.